The third-order valence-electron chi connectivity index (χ3n) is 4.81. The van der Waals surface area contributed by atoms with E-state index in [1.807, 2.05) is 0 Å². The van der Waals surface area contributed by atoms with Gasteiger partial charge in [-0.3, -0.25) is 0 Å². The molecule has 28 heavy (non-hydrogen) atoms. The van der Waals surface area contributed by atoms with Crippen LogP contribution in [0.25, 0.3) is 32.3 Å². The lowest BCUT2D eigenvalue weighted by Crippen LogP contribution is -2.46. The molecule has 4 aromatic carbocycles. The van der Waals surface area contributed by atoms with Gasteiger partial charge >= 0.3 is 0 Å². The molecule has 0 fully saturated rings. The lowest BCUT2D eigenvalue weighted by atomic mass is 9.95. The molecule has 4 aromatic rings. The minimum Gasteiger partial charge on any atom is -0.394 e. The van der Waals surface area contributed by atoms with Crippen LogP contribution >= 0.6 is 0 Å². The molecule has 4 unspecified atom stereocenters. The van der Waals surface area contributed by atoms with Crippen LogP contribution in [0.3, 0.4) is 0 Å². The fraction of sp³-hybridized carbons (Fsp3) is 0.227. The Balaban J connectivity index is 0.000000170. The third-order valence-corrected chi connectivity index (χ3v) is 4.81. The number of carbonyl (C=O) groups excluding carboxylic acids is 1. The van der Waals surface area contributed by atoms with Crippen molar-refractivity contribution in [1.29, 1.82) is 0 Å². The van der Waals surface area contributed by atoms with Crippen molar-refractivity contribution in [3.8, 4) is 0 Å². The molecule has 0 spiro atoms. The van der Waals surface area contributed by atoms with E-state index in [1.54, 1.807) is 0 Å². The van der Waals surface area contributed by atoms with E-state index < -0.39 is 31.0 Å². The predicted molar refractivity (Wildman–Crippen MR) is 107 cm³/mol. The summed E-state index contributed by atoms with van der Waals surface area (Å²) in [7, 11) is 0. The Morgan fingerprint density at radius 1 is 0.679 bits per heavy atom. The van der Waals surface area contributed by atoms with E-state index in [0.29, 0.717) is 0 Å². The van der Waals surface area contributed by atoms with Gasteiger partial charge < -0.3 is 30.3 Å². The zero-order chi connectivity index (χ0) is 20.3. The molecular formula is C22H22O6. The largest absolute Gasteiger partial charge is 0.394 e. The Kier molecular flexibility index (Phi) is 6.18. The number of aldehydes is 1. The van der Waals surface area contributed by atoms with E-state index in [1.165, 1.54) is 32.3 Å². The molecule has 0 radical (unpaired) electrons. The van der Waals surface area contributed by atoms with Gasteiger partial charge in [0, 0.05) is 0 Å². The van der Waals surface area contributed by atoms with Crippen molar-refractivity contribution in [2.45, 2.75) is 24.4 Å². The second-order valence-corrected chi connectivity index (χ2v) is 6.65. The maximum atomic E-state index is 9.90. The Hall–Kier alpha value is -2.61. The molecule has 0 aliphatic carbocycles. The maximum absolute atomic E-state index is 9.90. The summed E-state index contributed by atoms with van der Waals surface area (Å²) in [6, 6.07) is 21.9. The Morgan fingerprint density at radius 2 is 1.07 bits per heavy atom. The number of rotatable bonds is 5. The minimum absolute atomic E-state index is 0.0258. The Bertz CT molecular complexity index is 933. The first-order valence-corrected chi connectivity index (χ1v) is 8.89. The van der Waals surface area contributed by atoms with Gasteiger partial charge in [-0.15, -0.1) is 0 Å². The van der Waals surface area contributed by atoms with Crippen molar-refractivity contribution >= 4 is 38.6 Å². The summed E-state index contributed by atoms with van der Waals surface area (Å²) in [5.41, 5.74) is 0. The summed E-state index contributed by atoms with van der Waals surface area (Å²) in [5.74, 6) is 0. The zero-order valence-electron chi connectivity index (χ0n) is 15.0. The number of aliphatic hydroxyl groups excluding tert-OH is 5. The fourth-order valence-corrected chi connectivity index (χ4v) is 3.29. The lowest BCUT2D eigenvalue weighted by molar-refractivity contribution is -0.136. The molecule has 4 rings (SSSR count). The summed E-state index contributed by atoms with van der Waals surface area (Å²) in [6.07, 6.45) is -6.84. The van der Waals surface area contributed by atoms with Gasteiger partial charge in [-0.25, -0.2) is 0 Å². The molecule has 0 saturated heterocycles. The van der Waals surface area contributed by atoms with Gasteiger partial charge in [-0.05, 0) is 32.3 Å². The molecular weight excluding hydrogens is 360 g/mol. The highest BCUT2D eigenvalue weighted by atomic mass is 16.4. The van der Waals surface area contributed by atoms with Crippen LogP contribution in [0.2, 0.25) is 0 Å². The predicted octanol–water partition coefficient (Wildman–Crippen LogP) is 1.21. The van der Waals surface area contributed by atoms with Crippen LogP contribution in [0, 0.1) is 0 Å². The molecule has 0 bridgehead atoms. The highest BCUT2D eigenvalue weighted by molar-refractivity contribution is 6.22. The standard InChI is InChI=1S/C16H10.C6H12O6/c1-3-11-7-9-13-5-2-6-14-10-8-12(4-1)15(11)16(13)14;7-1-3(9)5(11)6(12)4(10)2-8/h1-10H;1,3-6,8-12H,2H2. The quantitative estimate of drug-likeness (QED) is 0.262. The van der Waals surface area contributed by atoms with Crippen molar-refractivity contribution in [1.82, 2.24) is 0 Å². The Labute approximate surface area is 161 Å². The number of carbonyl (C=O) groups is 1. The Morgan fingerprint density at radius 3 is 1.39 bits per heavy atom. The van der Waals surface area contributed by atoms with E-state index in [0.717, 1.165) is 0 Å². The molecule has 4 atom stereocenters. The first-order chi connectivity index (χ1) is 13.5. The van der Waals surface area contributed by atoms with Crippen molar-refractivity contribution in [2.24, 2.45) is 0 Å². The molecule has 6 nitrogen and oxygen atoms in total. The van der Waals surface area contributed by atoms with Crippen molar-refractivity contribution < 1.29 is 30.3 Å². The highest BCUT2D eigenvalue weighted by Crippen LogP contribution is 2.33. The van der Waals surface area contributed by atoms with Crippen molar-refractivity contribution in [3.05, 3.63) is 60.7 Å². The van der Waals surface area contributed by atoms with Crippen LogP contribution in [0.4, 0.5) is 0 Å². The van der Waals surface area contributed by atoms with Gasteiger partial charge in [0.1, 0.15) is 24.4 Å². The normalized spacial score (nSPS) is 15.8. The van der Waals surface area contributed by atoms with Gasteiger partial charge in [-0.2, -0.15) is 0 Å². The first kappa shape index (κ1) is 20.1. The summed E-state index contributed by atoms with van der Waals surface area (Å²) in [4.78, 5) is 9.90. The third kappa shape index (κ3) is 3.82. The lowest BCUT2D eigenvalue weighted by Gasteiger charge is -2.22. The molecule has 0 aliphatic heterocycles. The topological polar surface area (TPSA) is 118 Å². The fourth-order valence-electron chi connectivity index (χ4n) is 3.29. The van der Waals surface area contributed by atoms with Crippen LogP contribution in [0.1, 0.15) is 0 Å². The molecule has 0 saturated carbocycles. The number of aliphatic hydroxyl groups is 5. The molecule has 0 aliphatic rings. The van der Waals surface area contributed by atoms with Crippen LogP contribution in [-0.4, -0.2) is 62.8 Å². The summed E-state index contributed by atoms with van der Waals surface area (Å²) >= 11 is 0. The van der Waals surface area contributed by atoms with E-state index in [-0.39, 0.29) is 6.29 Å². The minimum atomic E-state index is -1.79. The van der Waals surface area contributed by atoms with E-state index in [4.69, 9.17) is 25.5 Å². The van der Waals surface area contributed by atoms with E-state index in [2.05, 4.69) is 60.7 Å². The number of hydrogen-bond acceptors (Lipinski definition) is 6. The molecule has 0 aromatic heterocycles. The summed E-state index contributed by atoms with van der Waals surface area (Å²) in [5, 5.41) is 51.7. The zero-order valence-corrected chi connectivity index (χ0v) is 15.0. The van der Waals surface area contributed by atoms with Gasteiger partial charge in [0.05, 0.1) is 6.61 Å². The van der Waals surface area contributed by atoms with Crippen LogP contribution in [0.5, 0.6) is 0 Å². The average Bonchev–Trinajstić information content (AvgIpc) is 2.75. The van der Waals surface area contributed by atoms with Crippen molar-refractivity contribution in [3.63, 3.8) is 0 Å². The van der Waals surface area contributed by atoms with E-state index >= 15 is 0 Å². The number of benzene rings is 4. The second-order valence-electron chi connectivity index (χ2n) is 6.65. The van der Waals surface area contributed by atoms with Gasteiger partial charge in [-0.1, -0.05) is 60.7 Å². The molecule has 0 heterocycles. The van der Waals surface area contributed by atoms with Crippen LogP contribution in [0.15, 0.2) is 60.7 Å². The monoisotopic (exact) mass is 382 g/mol. The summed E-state index contributed by atoms with van der Waals surface area (Å²) in [6.45, 7) is -0.760. The van der Waals surface area contributed by atoms with Gasteiger partial charge in [0.2, 0.25) is 0 Å². The molecule has 5 N–H and O–H groups in total. The van der Waals surface area contributed by atoms with Crippen LogP contribution in [-0.2, 0) is 4.79 Å². The van der Waals surface area contributed by atoms with Crippen molar-refractivity contribution in [2.75, 3.05) is 6.61 Å². The van der Waals surface area contributed by atoms with Crippen LogP contribution < -0.4 is 0 Å². The number of hydrogen-bond donors (Lipinski definition) is 5. The first-order valence-electron chi connectivity index (χ1n) is 8.89. The molecule has 6 heteroatoms. The highest BCUT2D eigenvalue weighted by Gasteiger charge is 2.29. The summed E-state index contributed by atoms with van der Waals surface area (Å²) < 4.78 is 0. The molecule has 0 amide bonds. The second kappa shape index (κ2) is 8.60. The van der Waals surface area contributed by atoms with E-state index in [9.17, 15) is 4.79 Å². The SMILES string of the molecule is O=CC(O)C(O)C(O)C(O)CO.c1cc2ccc3cccc4ccc(c1)c2c34. The maximum Gasteiger partial charge on any atom is 0.151 e. The average molecular weight is 382 g/mol. The van der Waals surface area contributed by atoms with Gasteiger partial charge in [0.25, 0.3) is 0 Å². The molecule has 146 valence electrons. The smallest absolute Gasteiger partial charge is 0.151 e. The van der Waals surface area contributed by atoms with Gasteiger partial charge in [0.15, 0.2) is 6.29 Å².